The highest BCUT2D eigenvalue weighted by atomic mass is 19.2. The molecular formula is C21H21F2N5O. The van der Waals surface area contributed by atoms with E-state index in [1.165, 1.54) is 12.1 Å². The minimum Gasteiger partial charge on any atom is -0.349 e. The van der Waals surface area contributed by atoms with Gasteiger partial charge in [-0.05, 0) is 43.5 Å². The number of benzene rings is 1. The Kier molecular flexibility index (Phi) is 4.91. The van der Waals surface area contributed by atoms with Crippen molar-refractivity contribution in [2.45, 2.75) is 37.9 Å². The number of hydrogen-bond acceptors (Lipinski definition) is 5. The van der Waals surface area contributed by atoms with Crippen molar-refractivity contribution in [3.05, 3.63) is 53.0 Å². The molecule has 1 saturated carbocycles. The first-order chi connectivity index (χ1) is 13.9. The fourth-order valence-corrected chi connectivity index (χ4v) is 3.76. The number of halogens is 2. The van der Waals surface area contributed by atoms with Gasteiger partial charge in [0.05, 0.1) is 6.42 Å². The molecule has 0 spiro atoms. The maximum Gasteiger partial charge on any atom is 0.227 e. The van der Waals surface area contributed by atoms with E-state index in [-0.39, 0.29) is 29.6 Å². The van der Waals surface area contributed by atoms with E-state index >= 15 is 0 Å². The van der Waals surface area contributed by atoms with Gasteiger partial charge in [0, 0.05) is 31.2 Å². The average molecular weight is 397 g/mol. The normalized spacial score (nSPS) is 20.3. The largest absolute Gasteiger partial charge is 0.349 e. The third kappa shape index (κ3) is 3.90. The molecule has 0 N–H and O–H groups in total. The summed E-state index contributed by atoms with van der Waals surface area (Å²) in [6.07, 6.45) is 0.793. The molecule has 150 valence electrons. The van der Waals surface area contributed by atoms with Gasteiger partial charge >= 0.3 is 0 Å². The van der Waals surface area contributed by atoms with Gasteiger partial charge in [-0.3, -0.25) is 4.79 Å². The molecule has 1 aliphatic carbocycles. The molecule has 0 radical (unpaired) electrons. The van der Waals surface area contributed by atoms with E-state index in [0.29, 0.717) is 43.9 Å². The lowest BCUT2D eigenvalue weighted by atomic mass is 10.0. The van der Waals surface area contributed by atoms with Crippen molar-refractivity contribution in [2.24, 2.45) is 0 Å². The molecule has 1 aromatic carbocycles. The SMILES string of the molecule is C[C@H]1CN(C(=O)Cc2ccc(C3(F)CC3)c(F)c2)CCN1c1ccc(C#N)nn1. The Balaban J connectivity index is 1.38. The van der Waals surface area contributed by atoms with Gasteiger partial charge in [0.25, 0.3) is 0 Å². The van der Waals surface area contributed by atoms with Gasteiger partial charge in [-0.1, -0.05) is 12.1 Å². The Labute approximate surface area is 167 Å². The molecule has 4 rings (SSSR count). The van der Waals surface area contributed by atoms with Crippen molar-refractivity contribution in [3.8, 4) is 6.07 Å². The van der Waals surface area contributed by atoms with Crippen LogP contribution >= 0.6 is 0 Å². The van der Waals surface area contributed by atoms with Gasteiger partial charge in [-0.2, -0.15) is 5.26 Å². The molecule has 2 aromatic rings. The van der Waals surface area contributed by atoms with Crippen LogP contribution < -0.4 is 4.90 Å². The molecule has 1 aliphatic heterocycles. The molecule has 2 aliphatic rings. The molecule has 2 heterocycles. The second-order valence-electron chi connectivity index (χ2n) is 7.73. The van der Waals surface area contributed by atoms with Gasteiger partial charge in [0.1, 0.15) is 17.6 Å². The zero-order chi connectivity index (χ0) is 20.6. The zero-order valence-corrected chi connectivity index (χ0v) is 16.1. The first-order valence-electron chi connectivity index (χ1n) is 9.66. The molecule has 1 aromatic heterocycles. The molecule has 2 fully saturated rings. The van der Waals surface area contributed by atoms with E-state index in [9.17, 15) is 13.6 Å². The molecule has 0 bridgehead atoms. The number of alkyl halides is 1. The van der Waals surface area contributed by atoms with Gasteiger partial charge in [0.15, 0.2) is 11.5 Å². The number of nitrogens with zero attached hydrogens (tertiary/aromatic N) is 5. The number of anilines is 1. The molecule has 1 amide bonds. The topological polar surface area (TPSA) is 73.1 Å². The van der Waals surface area contributed by atoms with Crippen LogP contribution in [0.2, 0.25) is 0 Å². The fourth-order valence-electron chi connectivity index (χ4n) is 3.76. The predicted molar refractivity (Wildman–Crippen MR) is 102 cm³/mol. The highest BCUT2D eigenvalue weighted by molar-refractivity contribution is 5.79. The minimum atomic E-state index is -1.52. The van der Waals surface area contributed by atoms with Crippen LogP contribution in [-0.4, -0.2) is 46.7 Å². The van der Waals surface area contributed by atoms with Crippen LogP contribution in [0.5, 0.6) is 0 Å². The highest BCUT2D eigenvalue weighted by Crippen LogP contribution is 2.50. The second kappa shape index (κ2) is 7.39. The number of carbonyl (C=O) groups is 1. The maximum atomic E-state index is 14.2. The Hall–Kier alpha value is -3.08. The van der Waals surface area contributed by atoms with Crippen LogP contribution in [0.1, 0.15) is 36.6 Å². The summed E-state index contributed by atoms with van der Waals surface area (Å²) in [5.41, 5.74) is -0.617. The number of carbonyl (C=O) groups excluding carboxylic acids is 1. The third-order valence-corrected chi connectivity index (χ3v) is 5.60. The van der Waals surface area contributed by atoms with Gasteiger partial charge in [-0.15, -0.1) is 10.2 Å². The minimum absolute atomic E-state index is 0.0234. The van der Waals surface area contributed by atoms with E-state index in [1.54, 1.807) is 23.1 Å². The number of nitriles is 1. The maximum absolute atomic E-state index is 14.2. The van der Waals surface area contributed by atoms with Crippen LogP contribution in [0.3, 0.4) is 0 Å². The van der Waals surface area contributed by atoms with Crippen LogP contribution in [0.4, 0.5) is 14.6 Å². The molecular weight excluding hydrogens is 376 g/mol. The number of piperazine rings is 1. The fraction of sp³-hybridized carbons (Fsp3) is 0.429. The van der Waals surface area contributed by atoms with Crippen molar-refractivity contribution in [1.29, 1.82) is 5.26 Å². The van der Waals surface area contributed by atoms with Crippen LogP contribution in [-0.2, 0) is 16.9 Å². The first kappa shape index (κ1) is 19.2. The lowest BCUT2D eigenvalue weighted by Gasteiger charge is -2.40. The van der Waals surface area contributed by atoms with Gasteiger partial charge in [-0.25, -0.2) is 8.78 Å². The Bertz CT molecular complexity index is 968. The van der Waals surface area contributed by atoms with E-state index < -0.39 is 11.5 Å². The van der Waals surface area contributed by atoms with E-state index in [2.05, 4.69) is 10.2 Å². The standard InChI is InChI=1S/C21H21F2N5O/c1-14-13-27(8-9-28(14)19-5-3-16(12-24)25-26-19)20(29)11-15-2-4-17(18(22)10-15)21(23)6-7-21/h2-5,10,14H,6-9,11,13H2,1H3/t14-/m0/s1. The van der Waals surface area contributed by atoms with Crippen molar-refractivity contribution in [2.75, 3.05) is 24.5 Å². The number of amides is 1. The van der Waals surface area contributed by atoms with Crippen molar-refractivity contribution < 1.29 is 13.6 Å². The van der Waals surface area contributed by atoms with E-state index in [0.717, 1.165) is 0 Å². The molecule has 6 nitrogen and oxygen atoms in total. The summed E-state index contributed by atoms with van der Waals surface area (Å²) in [6.45, 7) is 3.60. The van der Waals surface area contributed by atoms with Crippen LogP contribution in [0.25, 0.3) is 0 Å². The third-order valence-electron chi connectivity index (χ3n) is 5.60. The highest BCUT2D eigenvalue weighted by Gasteiger charge is 2.46. The summed E-state index contributed by atoms with van der Waals surface area (Å²) in [7, 11) is 0. The quantitative estimate of drug-likeness (QED) is 0.793. The molecule has 8 heteroatoms. The molecule has 1 saturated heterocycles. The Morgan fingerprint density at radius 3 is 2.66 bits per heavy atom. The van der Waals surface area contributed by atoms with E-state index in [1.807, 2.05) is 17.9 Å². The summed E-state index contributed by atoms with van der Waals surface area (Å²) >= 11 is 0. The molecule has 1 atom stereocenters. The smallest absolute Gasteiger partial charge is 0.227 e. The van der Waals surface area contributed by atoms with Crippen LogP contribution in [0, 0.1) is 17.1 Å². The summed E-state index contributed by atoms with van der Waals surface area (Å²) in [4.78, 5) is 16.5. The van der Waals surface area contributed by atoms with E-state index in [4.69, 9.17) is 5.26 Å². The van der Waals surface area contributed by atoms with Crippen LogP contribution in [0.15, 0.2) is 30.3 Å². The Morgan fingerprint density at radius 1 is 1.28 bits per heavy atom. The van der Waals surface area contributed by atoms with Crippen molar-refractivity contribution >= 4 is 11.7 Å². The van der Waals surface area contributed by atoms with Gasteiger partial charge in [0.2, 0.25) is 5.91 Å². The molecule has 29 heavy (non-hydrogen) atoms. The van der Waals surface area contributed by atoms with Gasteiger partial charge < -0.3 is 9.80 Å². The lowest BCUT2D eigenvalue weighted by molar-refractivity contribution is -0.131. The second-order valence-corrected chi connectivity index (χ2v) is 7.73. The van der Waals surface area contributed by atoms with Crippen molar-refractivity contribution in [1.82, 2.24) is 15.1 Å². The predicted octanol–water partition coefficient (Wildman–Crippen LogP) is 2.73. The lowest BCUT2D eigenvalue weighted by Crippen LogP contribution is -2.54. The first-order valence-corrected chi connectivity index (χ1v) is 9.66. The summed E-state index contributed by atoms with van der Waals surface area (Å²) < 4.78 is 28.3. The molecule has 0 unspecified atom stereocenters. The number of hydrogen-bond donors (Lipinski definition) is 0. The summed E-state index contributed by atoms with van der Waals surface area (Å²) in [5, 5.41) is 16.8. The zero-order valence-electron chi connectivity index (χ0n) is 16.1. The average Bonchev–Trinajstić information content (AvgIpc) is 3.46. The summed E-state index contributed by atoms with van der Waals surface area (Å²) in [5.74, 6) is 0.00492. The number of aromatic nitrogens is 2. The summed E-state index contributed by atoms with van der Waals surface area (Å²) in [6, 6.07) is 9.72. The monoisotopic (exact) mass is 397 g/mol. The Morgan fingerprint density at radius 2 is 2.07 bits per heavy atom. The van der Waals surface area contributed by atoms with Crippen molar-refractivity contribution in [3.63, 3.8) is 0 Å². The number of rotatable bonds is 4.